The van der Waals surface area contributed by atoms with Gasteiger partial charge in [0.05, 0.1) is 11.5 Å². The number of imide groups is 1. The number of carbonyl (C=O) groups is 2. The predicted octanol–water partition coefficient (Wildman–Crippen LogP) is 2.65. The highest BCUT2D eigenvalue weighted by molar-refractivity contribution is 8.18. The van der Waals surface area contributed by atoms with Crippen LogP contribution in [0.4, 0.5) is 10.5 Å². The van der Waals surface area contributed by atoms with Gasteiger partial charge in [-0.1, -0.05) is 6.07 Å². The lowest BCUT2D eigenvalue weighted by Gasteiger charge is -2.17. The smallest absolute Gasteiger partial charge is 0.290 e. The summed E-state index contributed by atoms with van der Waals surface area (Å²) in [6.45, 7) is 0.684. The molecule has 2 amide bonds. The molecule has 0 aliphatic carbocycles. The van der Waals surface area contributed by atoms with Crippen molar-refractivity contribution in [3.05, 3.63) is 34.0 Å². The van der Waals surface area contributed by atoms with Crippen LogP contribution in [0.3, 0.4) is 0 Å². The van der Waals surface area contributed by atoms with Gasteiger partial charge in [-0.2, -0.15) is 0 Å². The molecule has 2 aromatic rings. The van der Waals surface area contributed by atoms with E-state index in [2.05, 4.69) is 11.4 Å². The van der Waals surface area contributed by atoms with Gasteiger partial charge in [-0.15, -0.1) is 11.3 Å². The van der Waals surface area contributed by atoms with E-state index in [1.165, 1.54) is 0 Å². The third kappa shape index (κ3) is 3.01. The Hall–Kier alpha value is -1.83. The van der Waals surface area contributed by atoms with Crippen molar-refractivity contribution in [2.75, 3.05) is 25.1 Å². The molecule has 2 N–H and O–H groups in total. The molecule has 0 spiro atoms. The monoisotopic (exact) mass is 334 g/mol. The maximum atomic E-state index is 11.6. The normalized spacial score (nSPS) is 16.5. The first-order valence-electron chi connectivity index (χ1n) is 6.67. The van der Waals surface area contributed by atoms with E-state index in [9.17, 15) is 9.59 Å². The summed E-state index contributed by atoms with van der Waals surface area (Å²) >= 11 is 2.49. The third-order valence-corrected chi connectivity index (χ3v) is 5.17. The van der Waals surface area contributed by atoms with Crippen LogP contribution in [0.15, 0.2) is 29.2 Å². The quantitative estimate of drug-likeness (QED) is 0.841. The Labute approximate surface area is 135 Å². The van der Waals surface area contributed by atoms with Gasteiger partial charge in [0.15, 0.2) is 0 Å². The summed E-state index contributed by atoms with van der Waals surface area (Å²) in [4.78, 5) is 26.1. The number of hydrogen-bond donors (Lipinski definition) is 2. The summed E-state index contributed by atoms with van der Waals surface area (Å²) < 4.78 is 1.10. The molecule has 0 radical (unpaired) electrons. The second kappa shape index (κ2) is 6.12. The van der Waals surface area contributed by atoms with Crippen molar-refractivity contribution in [1.82, 2.24) is 5.32 Å². The molecule has 1 aromatic heterocycles. The molecule has 0 unspecified atom stereocenters. The summed E-state index contributed by atoms with van der Waals surface area (Å²) in [5.41, 5.74) is 1.03. The van der Waals surface area contributed by atoms with E-state index in [4.69, 9.17) is 5.11 Å². The minimum absolute atomic E-state index is 0.108. The van der Waals surface area contributed by atoms with E-state index in [-0.39, 0.29) is 17.8 Å². The molecule has 0 saturated carbocycles. The number of benzene rings is 1. The maximum absolute atomic E-state index is 11.6. The van der Waals surface area contributed by atoms with Crippen LogP contribution in [0.1, 0.15) is 4.88 Å². The minimum Gasteiger partial charge on any atom is -0.395 e. The lowest BCUT2D eigenvalue weighted by Crippen LogP contribution is -2.20. The molecule has 1 aromatic carbocycles. The second-order valence-electron chi connectivity index (χ2n) is 4.87. The topological polar surface area (TPSA) is 69.6 Å². The number of aliphatic hydroxyl groups excluding tert-OH is 1. The minimum atomic E-state index is -0.337. The summed E-state index contributed by atoms with van der Waals surface area (Å²) in [5.74, 6) is -0.337. The lowest BCUT2D eigenvalue weighted by atomic mass is 10.2. The Morgan fingerprint density at radius 2 is 2.14 bits per heavy atom. The Morgan fingerprint density at radius 1 is 1.32 bits per heavy atom. The fourth-order valence-electron chi connectivity index (χ4n) is 2.18. The highest BCUT2D eigenvalue weighted by Gasteiger charge is 2.25. The largest absolute Gasteiger partial charge is 0.395 e. The number of thiophene rings is 1. The fourth-order valence-corrected chi connectivity index (χ4v) is 3.97. The first kappa shape index (κ1) is 15.1. The lowest BCUT2D eigenvalue weighted by molar-refractivity contribution is -0.115. The van der Waals surface area contributed by atoms with E-state index in [1.54, 1.807) is 17.4 Å². The number of fused-ring (bicyclic) bond motifs is 1. The van der Waals surface area contributed by atoms with Gasteiger partial charge < -0.3 is 10.0 Å². The van der Waals surface area contributed by atoms with E-state index in [1.807, 2.05) is 30.1 Å². The van der Waals surface area contributed by atoms with Gasteiger partial charge in [0.1, 0.15) is 0 Å². The van der Waals surface area contributed by atoms with Crippen LogP contribution in [0.5, 0.6) is 0 Å². The van der Waals surface area contributed by atoms with E-state index >= 15 is 0 Å². The zero-order valence-electron chi connectivity index (χ0n) is 11.8. The first-order valence-corrected chi connectivity index (χ1v) is 8.30. The fraction of sp³-hybridized carbons (Fsp3) is 0.200. The van der Waals surface area contributed by atoms with Crippen molar-refractivity contribution < 1.29 is 14.7 Å². The standard InChI is InChI=1S/C15H14N2O3S2/c1-17(4-5-18)10-3-2-9-6-11(21-12(9)7-10)8-13-14(19)16-15(20)22-13/h2-3,6-8,18H,4-5H2,1H3,(H,16,19,20)/b13-8-. The summed E-state index contributed by atoms with van der Waals surface area (Å²) in [6.07, 6.45) is 1.74. The molecule has 0 atom stereocenters. The number of likely N-dealkylation sites (N-methyl/N-ethyl adjacent to an activating group) is 1. The molecule has 0 bridgehead atoms. The van der Waals surface area contributed by atoms with E-state index in [0.717, 1.165) is 32.4 Å². The Bertz CT molecular complexity index is 782. The zero-order valence-corrected chi connectivity index (χ0v) is 13.5. The van der Waals surface area contributed by atoms with Crippen molar-refractivity contribution in [2.45, 2.75) is 0 Å². The van der Waals surface area contributed by atoms with Gasteiger partial charge in [-0.25, -0.2) is 0 Å². The van der Waals surface area contributed by atoms with Crippen molar-refractivity contribution in [1.29, 1.82) is 0 Å². The van der Waals surface area contributed by atoms with Crippen molar-refractivity contribution in [3.63, 3.8) is 0 Å². The van der Waals surface area contributed by atoms with Gasteiger partial charge in [-0.05, 0) is 41.4 Å². The highest BCUT2D eigenvalue weighted by atomic mass is 32.2. The van der Waals surface area contributed by atoms with Crippen LogP contribution in [-0.2, 0) is 4.79 Å². The third-order valence-electron chi connectivity index (χ3n) is 3.31. The molecule has 1 fully saturated rings. The molecule has 1 aliphatic rings. The Balaban J connectivity index is 1.91. The molecule has 1 saturated heterocycles. The van der Waals surface area contributed by atoms with Crippen LogP contribution < -0.4 is 10.2 Å². The number of amides is 2. The Kier molecular flexibility index (Phi) is 4.19. The molecule has 7 heteroatoms. The molecule has 22 heavy (non-hydrogen) atoms. The average Bonchev–Trinajstić information content (AvgIpc) is 3.01. The highest BCUT2D eigenvalue weighted by Crippen LogP contribution is 2.33. The number of hydrogen-bond acceptors (Lipinski definition) is 6. The number of aliphatic hydroxyl groups is 1. The second-order valence-corrected chi connectivity index (χ2v) is 7.00. The average molecular weight is 334 g/mol. The molecule has 3 rings (SSSR count). The maximum Gasteiger partial charge on any atom is 0.290 e. The van der Waals surface area contributed by atoms with Crippen molar-refractivity contribution in [3.8, 4) is 0 Å². The molecule has 2 heterocycles. The number of nitrogens with one attached hydrogen (secondary N) is 1. The molecular weight excluding hydrogens is 320 g/mol. The van der Waals surface area contributed by atoms with Crippen LogP contribution in [0.25, 0.3) is 16.2 Å². The van der Waals surface area contributed by atoms with Gasteiger partial charge in [0.25, 0.3) is 11.1 Å². The van der Waals surface area contributed by atoms with Crippen LogP contribution >= 0.6 is 23.1 Å². The number of anilines is 1. The molecule has 5 nitrogen and oxygen atoms in total. The van der Waals surface area contributed by atoms with Crippen LogP contribution in [0.2, 0.25) is 0 Å². The summed E-state index contributed by atoms with van der Waals surface area (Å²) in [6, 6.07) is 8.08. The number of carbonyl (C=O) groups excluding carboxylic acids is 2. The number of rotatable bonds is 4. The van der Waals surface area contributed by atoms with Gasteiger partial charge in [0.2, 0.25) is 0 Å². The van der Waals surface area contributed by atoms with E-state index in [0.29, 0.717) is 11.4 Å². The van der Waals surface area contributed by atoms with Crippen LogP contribution in [-0.4, -0.2) is 36.5 Å². The SMILES string of the molecule is CN(CCO)c1ccc2cc(/C=C3\SC(=O)NC3=O)sc2c1. The summed E-state index contributed by atoms with van der Waals surface area (Å²) in [5, 5.41) is 12.0. The molecule has 1 aliphatic heterocycles. The van der Waals surface area contributed by atoms with Crippen molar-refractivity contribution >= 4 is 56.1 Å². The van der Waals surface area contributed by atoms with Gasteiger partial charge >= 0.3 is 0 Å². The first-order chi connectivity index (χ1) is 10.6. The van der Waals surface area contributed by atoms with Gasteiger partial charge in [0, 0.05) is 28.9 Å². The Morgan fingerprint density at radius 3 is 2.82 bits per heavy atom. The zero-order chi connectivity index (χ0) is 15.7. The van der Waals surface area contributed by atoms with Crippen molar-refractivity contribution in [2.24, 2.45) is 0 Å². The van der Waals surface area contributed by atoms with Crippen LogP contribution in [0, 0.1) is 0 Å². The predicted molar refractivity (Wildman–Crippen MR) is 91.3 cm³/mol. The molecule has 114 valence electrons. The number of thioether (sulfide) groups is 1. The van der Waals surface area contributed by atoms with E-state index < -0.39 is 0 Å². The number of nitrogens with zero attached hydrogens (tertiary/aromatic N) is 1. The summed E-state index contributed by atoms with van der Waals surface area (Å²) in [7, 11) is 1.93. The van der Waals surface area contributed by atoms with Gasteiger partial charge in [-0.3, -0.25) is 14.9 Å². The molecular formula is C15H14N2O3S2.